The van der Waals surface area contributed by atoms with Gasteiger partial charge in [-0.05, 0) is 18.2 Å². The van der Waals surface area contributed by atoms with E-state index >= 15 is 0 Å². The van der Waals surface area contributed by atoms with Crippen LogP contribution in [0.5, 0.6) is 0 Å². The van der Waals surface area contributed by atoms with Crippen molar-refractivity contribution in [1.82, 2.24) is 9.97 Å². The van der Waals surface area contributed by atoms with Crippen LogP contribution in [0, 0.1) is 0 Å². The molecule has 2 heterocycles. The molecule has 2 N–H and O–H groups in total. The van der Waals surface area contributed by atoms with E-state index in [1.54, 1.807) is 18.6 Å². The highest BCUT2D eigenvalue weighted by Gasteiger charge is 2.23. The molecule has 2 aromatic rings. The van der Waals surface area contributed by atoms with E-state index in [1.807, 2.05) is 18.2 Å². The molecule has 1 aliphatic rings. The summed E-state index contributed by atoms with van der Waals surface area (Å²) >= 11 is 3.38. The molecule has 0 fully saturated rings. The lowest BCUT2D eigenvalue weighted by atomic mass is 10.1. The molecule has 0 bridgehead atoms. The number of nitrogens with zero attached hydrogens (tertiary/aromatic N) is 1. The predicted molar refractivity (Wildman–Crippen MR) is 69.2 cm³/mol. The fraction of sp³-hybridized carbons (Fsp3) is 0. The Hall–Kier alpha value is -1.88. The molecule has 3 rings (SSSR count). The van der Waals surface area contributed by atoms with Gasteiger partial charge in [0.1, 0.15) is 0 Å². The number of halogens is 1. The molecule has 0 saturated heterocycles. The highest BCUT2D eigenvalue weighted by molar-refractivity contribution is 9.10. The van der Waals surface area contributed by atoms with Crippen LogP contribution in [-0.4, -0.2) is 15.9 Å². The monoisotopic (exact) mass is 289 g/mol. The second-order valence-electron chi connectivity index (χ2n) is 3.71. The third-order valence-corrected chi connectivity index (χ3v) is 3.08. The number of nitrogens with one attached hydrogen (secondary N) is 2. The van der Waals surface area contributed by atoms with Crippen LogP contribution in [0.2, 0.25) is 0 Å². The maximum atomic E-state index is 11.8. The van der Waals surface area contributed by atoms with Gasteiger partial charge in [0.2, 0.25) is 0 Å². The van der Waals surface area contributed by atoms with Crippen molar-refractivity contribution < 1.29 is 4.79 Å². The number of anilines is 1. The summed E-state index contributed by atoms with van der Waals surface area (Å²) in [6.07, 6.45) is 5.06. The third-order valence-electron chi connectivity index (χ3n) is 2.58. The molecule has 5 heteroatoms. The number of hydrogen-bond donors (Lipinski definition) is 2. The highest BCUT2D eigenvalue weighted by Crippen LogP contribution is 2.34. The summed E-state index contributed by atoms with van der Waals surface area (Å²) in [7, 11) is 0. The van der Waals surface area contributed by atoms with E-state index < -0.39 is 0 Å². The Morgan fingerprint density at radius 2 is 2.24 bits per heavy atom. The average molecular weight is 290 g/mol. The van der Waals surface area contributed by atoms with Crippen LogP contribution in [0.3, 0.4) is 0 Å². The van der Waals surface area contributed by atoms with Crippen molar-refractivity contribution >= 4 is 39.2 Å². The fourth-order valence-electron chi connectivity index (χ4n) is 1.81. The van der Waals surface area contributed by atoms with Crippen molar-refractivity contribution in [3.05, 3.63) is 46.5 Å². The SMILES string of the molecule is O=C1Nc2cc(Br)ccc2/C1=C/c1cnc[nH]1. The van der Waals surface area contributed by atoms with Gasteiger partial charge in [0.25, 0.3) is 5.91 Å². The minimum atomic E-state index is -0.0901. The summed E-state index contributed by atoms with van der Waals surface area (Å²) in [5.41, 5.74) is 3.20. The van der Waals surface area contributed by atoms with Gasteiger partial charge in [-0.3, -0.25) is 4.79 Å². The van der Waals surface area contributed by atoms with Gasteiger partial charge in [-0.25, -0.2) is 4.98 Å². The van der Waals surface area contributed by atoms with E-state index in [0.717, 1.165) is 21.4 Å². The molecular formula is C12H8BrN3O. The second-order valence-corrected chi connectivity index (χ2v) is 4.62. The molecule has 84 valence electrons. The van der Waals surface area contributed by atoms with Gasteiger partial charge in [0, 0.05) is 10.0 Å². The van der Waals surface area contributed by atoms with E-state index in [1.165, 1.54) is 0 Å². The minimum absolute atomic E-state index is 0.0901. The van der Waals surface area contributed by atoms with E-state index in [4.69, 9.17) is 0 Å². The van der Waals surface area contributed by atoms with Crippen molar-refractivity contribution in [2.75, 3.05) is 5.32 Å². The Kier molecular flexibility index (Phi) is 2.33. The molecule has 1 aromatic carbocycles. The van der Waals surface area contributed by atoms with E-state index in [0.29, 0.717) is 5.57 Å². The number of imidazole rings is 1. The summed E-state index contributed by atoms with van der Waals surface area (Å²) in [6, 6.07) is 5.72. The second kappa shape index (κ2) is 3.85. The van der Waals surface area contributed by atoms with Gasteiger partial charge >= 0.3 is 0 Å². The van der Waals surface area contributed by atoms with Crippen LogP contribution < -0.4 is 5.32 Å². The smallest absolute Gasteiger partial charge is 0.256 e. The number of fused-ring (bicyclic) bond motifs is 1. The number of carbonyl (C=O) groups is 1. The zero-order valence-corrected chi connectivity index (χ0v) is 10.3. The zero-order chi connectivity index (χ0) is 11.8. The van der Waals surface area contributed by atoms with Gasteiger partial charge in [-0.2, -0.15) is 0 Å². The number of hydrogen-bond acceptors (Lipinski definition) is 2. The third kappa shape index (κ3) is 1.78. The molecule has 0 radical (unpaired) electrons. The number of H-pyrrole nitrogens is 1. The lowest BCUT2D eigenvalue weighted by molar-refractivity contribution is -0.110. The summed E-state index contributed by atoms with van der Waals surface area (Å²) in [6.45, 7) is 0. The van der Waals surface area contributed by atoms with Crippen molar-refractivity contribution in [1.29, 1.82) is 0 Å². The molecule has 17 heavy (non-hydrogen) atoms. The number of aromatic nitrogens is 2. The maximum absolute atomic E-state index is 11.8. The zero-order valence-electron chi connectivity index (χ0n) is 8.70. The van der Waals surface area contributed by atoms with Crippen LogP contribution in [0.1, 0.15) is 11.3 Å². The Morgan fingerprint density at radius 1 is 1.35 bits per heavy atom. The van der Waals surface area contributed by atoms with Gasteiger partial charge in [0.15, 0.2) is 0 Å². The highest BCUT2D eigenvalue weighted by atomic mass is 79.9. The molecule has 1 aromatic heterocycles. The number of benzene rings is 1. The molecule has 0 spiro atoms. The Balaban J connectivity index is 2.11. The van der Waals surface area contributed by atoms with E-state index in [2.05, 4.69) is 31.2 Å². The summed E-state index contributed by atoms with van der Waals surface area (Å²) < 4.78 is 0.944. The molecule has 1 aliphatic heterocycles. The number of rotatable bonds is 1. The fourth-order valence-corrected chi connectivity index (χ4v) is 2.17. The van der Waals surface area contributed by atoms with Gasteiger partial charge < -0.3 is 10.3 Å². The Labute approximate surface area is 106 Å². The average Bonchev–Trinajstić information content (AvgIpc) is 2.88. The molecule has 0 atom stereocenters. The molecule has 4 nitrogen and oxygen atoms in total. The Morgan fingerprint density at radius 3 is 3.00 bits per heavy atom. The molecule has 0 aliphatic carbocycles. The van der Waals surface area contributed by atoms with Crippen LogP contribution in [0.4, 0.5) is 5.69 Å². The Bertz CT molecular complexity index is 617. The first-order valence-corrected chi connectivity index (χ1v) is 5.85. The van der Waals surface area contributed by atoms with E-state index in [-0.39, 0.29) is 5.91 Å². The predicted octanol–water partition coefficient (Wildman–Crippen LogP) is 2.66. The van der Waals surface area contributed by atoms with Crippen LogP contribution in [0.15, 0.2) is 35.2 Å². The summed E-state index contributed by atoms with van der Waals surface area (Å²) in [5.74, 6) is -0.0901. The standard InChI is InChI=1S/C12H8BrN3O/c13-7-1-2-9-10(4-8-5-14-6-15-8)12(17)16-11(9)3-7/h1-6H,(H,14,15)(H,16,17)/b10-4-. The maximum Gasteiger partial charge on any atom is 0.256 e. The van der Waals surface area contributed by atoms with Crippen LogP contribution >= 0.6 is 15.9 Å². The van der Waals surface area contributed by atoms with Crippen molar-refractivity contribution in [2.45, 2.75) is 0 Å². The van der Waals surface area contributed by atoms with Gasteiger partial charge in [0.05, 0.1) is 29.5 Å². The minimum Gasteiger partial charge on any atom is -0.345 e. The molecular weight excluding hydrogens is 282 g/mol. The lowest BCUT2D eigenvalue weighted by Gasteiger charge is -1.98. The number of carbonyl (C=O) groups excluding carboxylic acids is 1. The quantitative estimate of drug-likeness (QED) is 0.793. The lowest BCUT2D eigenvalue weighted by Crippen LogP contribution is -2.03. The molecule has 1 amide bonds. The summed E-state index contributed by atoms with van der Waals surface area (Å²) in [5, 5.41) is 2.83. The van der Waals surface area contributed by atoms with Crippen molar-refractivity contribution in [3.8, 4) is 0 Å². The van der Waals surface area contributed by atoms with E-state index in [9.17, 15) is 4.79 Å². The number of aromatic amines is 1. The summed E-state index contributed by atoms with van der Waals surface area (Å²) in [4.78, 5) is 18.7. The largest absolute Gasteiger partial charge is 0.345 e. The topological polar surface area (TPSA) is 57.8 Å². The first-order valence-electron chi connectivity index (χ1n) is 5.05. The van der Waals surface area contributed by atoms with Gasteiger partial charge in [-0.1, -0.05) is 22.0 Å². The van der Waals surface area contributed by atoms with Crippen molar-refractivity contribution in [2.24, 2.45) is 0 Å². The normalized spacial score (nSPS) is 16.1. The van der Waals surface area contributed by atoms with Crippen molar-refractivity contribution in [3.63, 3.8) is 0 Å². The first kappa shape index (κ1) is 10.3. The molecule has 0 saturated carbocycles. The number of amides is 1. The first-order chi connectivity index (χ1) is 8.24. The van der Waals surface area contributed by atoms with Crippen LogP contribution in [-0.2, 0) is 4.79 Å². The van der Waals surface area contributed by atoms with Gasteiger partial charge in [-0.15, -0.1) is 0 Å². The molecule has 0 unspecified atom stereocenters. The van der Waals surface area contributed by atoms with Crippen LogP contribution in [0.25, 0.3) is 11.6 Å².